The number of phosphoric ester groups is 1. The molecule has 0 heterocycles. The smallest absolute Gasteiger partial charge is 0.393 e. The molecule has 0 amide bonds. The first-order valence-corrected chi connectivity index (χ1v) is 15.1. The van der Waals surface area contributed by atoms with E-state index >= 15 is 0 Å². The highest BCUT2D eigenvalue weighted by Gasteiger charge is 2.66. The fraction of sp³-hybridized carbons (Fsp3) is 0.889. The Bertz CT molecular complexity index is 952. The summed E-state index contributed by atoms with van der Waals surface area (Å²) in [5, 5.41) is 33.4. The average Bonchev–Trinajstić information content (AvgIpc) is 3.03. The molecule has 4 aliphatic rings. The van der Waals surface area contributed by atoms with Crippen LogP contribution in [0.2, 0.25) is 0 Å². The molecule has 4 rings (SSSR count). The van der Waals surface area contributed by atoms with Crippen molar-refractivity contribution in [2.45, 2.75) is 116 Å². The molecule has 4 aliphatic carbocycles. The maximum Gasteiger partial charge on any atom is 0.469 e. The first-order chi connectivity index (χ1) is 16.4. The number of rotatable bonds is 7. The normalized spacial score (nSPS) is 42.7. The van der Waals surface area contributed by atoms with Crippen molar-refractivity contribution in [3.05, 3.63) is 11.6 Å². The van der Waals surface area contributed by atoms with Crippen molar-refractivity contribution in [2.24, 2.45) is 34.5 Å². The van der Waals surface area contributed by atoms with Crippen molar-refractivity contribution in [2.75, 3.05) is 0 Å². The summed E-state index contributed by atoms with van der Waals surface area (Å²) in [4.78, 5) is 32.0. The molecule has 206 valence electrons. The Labute approximate surface area is 214 Å². The van der Waals surface area contributed by atoms with Crippen LogP contribution in [0.4, 0.5) is 0 Å². The van der Waals surface area contributed by atoms with Gasteiger partial charge in [-0.15, -0.1) is 0 Å². The Balaban J connectivity index is 1.58. The first-order valence-electron chi connectivity index (χ1n) is 13.5. The number of aliphatic hydroxyl groups excluding tert-OH is 1. The van der Waals surface area contributed by atoms with Crippen LogP contribution in [0.25, 0.3) is 0 Å². The number of aliphatic hydroxyl groups is 3. The lowest BCUT2D eigenvalue weighted by molar-refractivity contribution is -0.142. The molecule has 0 radical (unpaired) electrons. The van der Waals surface area contributed by atoms with Crippen molar-refractivity contribution in [1.29, 1.82) is 0 Å². The number of carbonyl (C=O) groups excluding carboxylic acids is 1. The maximum absolute atomic E-state index is 13.4. The summed E-state index contributed by atoms with van der Waals surface area (Å²) < 4.78 is 16.4. The van der Waals surface area contributed by atoms with Crippen molar-refractivity contribution >= 4 is 13.6 Å². The number of hydrogen-bond donors (Lipinski definition) is 5. The fourth-order valence-electron chi connectivity index (χ4n) is 8.51. The van der Waals surface area contributed by atoms with Gasteiger partial charge in [0, 0.05) is 11.3 Å². The third kappa shape index (κ3) is 4.81. The maximum atomic E-state index is 13.4. The average molecular weight is 529 g/mol. The molecular weight excluding hydrogens is 483 g/mol. The minimum atomic E-state index is -4.63. The van der Waals surface area contributed by atoms with Gasteiger partial charge in [-0.2, -0.15) is 0 Å². The lowest BCUT2D eigenvalue weighted by atomic mass is 9.46. The molecule has 3 saturated carbocycles. The van der Waals surface area contributed by atoms with Gasteiger partial charge in [-0.05, 0) is 106 Å². The van der Waals surface area contributed by atoms with E-state index in [4.69, 9.17) is 4.52 Å². The summed E-state index contributed by atoms with van der Waals surface area (Å²) in [6, 6.07) is 0. The Morgan fingerprint density at radius 1 is 1.14 bits per heavy atom. The van der Waals surface area contributed by atoms with Gasteiger partial charge in [0.15, 0.2) is 5.78 Å². The molecule has 0 aliphatic heterocycles. The molecule has 0 saturated heterocycles. The molecule has 9 heteroatoms. The van der Waals surface area contributed by atoms with Crippen LogP contribution in [0.3, 0.4) is 0 Å². The van der Waals surface area contributed by atoms with E-state index in [9.17, 15) is 34.5 Å². The molecule has 1 unspecified atom stereocenters. The number of allylic oxidation sites excluding steroid dienone is 1. The highest BCUT2D eigenvalue weighted by Crippen LogP contribution is 2.68. The molecule has 3 fully saturated rings. The summed E-state index contributed by atoms with van der Waals surface area (Å²) in [5.41, 5.74) is -1.98. The van der Waals surface area contributed by atoms with Gasteiger partial charge in [0.05, 0.1) is 23.4 Å². The number of phosphoric acid groups is 1. The lowest BCUT2D eigenvalue weighted by Gasteiger charge is -2.60. The third-order valence-electron chi connectivity index (χ3n) is 10.7. The Hall–Kier alpha value is -0.600. The standard InChI is InChI=1S/C27H45O8P/c1-16(22(28)9-10-24(2,3)30)18-8-13-27(31)20-15-23(29)21-14-17(35-36(32,33)34)6-11-25(21,4)19(20)7-12-26(18,27)5/h15-19,21-22,28,30-31H,6-14H2,1-5H3,(H2,32,33,34)/t16-,17+,18+,19?,21-,22+,25+,26+,27+/m0/s1. The molecule has 0 spiro atoms. The molecular formula is C27H45O8P. The Morgan fingerprint density at radius 2 is 1.81 bits per heavy atom. The van der Waals surface area contributed by atoms with Crippen LogP contribution < -0.4 is 0 Å². The van der Waals surface area contributed by atoms with Crippen LogP contribution in [0.15, 0.2) is 11.6 Å². The van der Waals surface area contributed by atoms with Crippen LogP contribution in [0.1, 0.15) is 92.4 Å². The van der Waals surface area contributed by atoms with Gasteiger partial charge in [0.2, 0.25) is 0 Å². The molecule has 0 aromatic carbocycles. The van der Waals surface area contributed by atoms with Gasteiger partial charge < -0.3 is 25.1 Å². The number of ketones is 1. The highest BCUT2D eigenvalue weighted by atomic mass is 31.2. The summed E-state index contributed by atoms with van der Waals surface area (Å²) in [7, 11) is -4.63. The van der Waals surface area contributed by atoms with E-state index in [-0.39, 0.29) is 41.3 Å². The van der Waals surface area contributed by atoms with E-state index in [1.54, 1.807) is 19.9 Å². The topological polar surface area (TPSA) is 145 Å². The van der Waals surface area contributed by atoms with Gasteiger partial charge in [0.25, 0.3) is 0 Å². The third-order valence-corrected chi connectivity index (χ3v) is 11.3. The molecule has 9 atom stereocenters. The van der Waals surface area contributed by atoms with E-state index in [1.807, 2.05) is 6.92 Å². The predicted octanol–water partition coefficient (Wildman–Crippen LogP) is 3.89. The monoisotopic (exact) mass is 528 g/mol. The molecule has 0 aromatic rings. The van der Waals surface area contributed by atoms with Crippen molar-refractivity contribution in [3.8, 4) is 0 Å². The molecule has 0 bridgehead atoms. The van der Waals surface area contributed by atoms with Crippen molar-refractivity contribution < 1.29 is 39.0 Å². The van der Waals surface area contributed by atoms with Gasteiger partial charge in [-0.1, -0.05) is 20.8 Å². The molecule has 36 heavy (non-hydrogen) atoms. The van der Waals surface area contributed by atoms with Gasteiger partial charge >= 0.3 is 7.82 Å². The van der Waals surface area contributed by atoms with Crippen molar-refractivity contribution in [3.63, 3.8) is 0 Å². The van der Waals surface area contributed by atoms with Crippen LogP contribution in [-0.4, -0.2) is 54.3 Å². The van der Waals surface area contributed by atoms with E-state index in [0.29, 0.717) is 32.1 Å². The van der Waals surface area contributed by atoms with Crippen LogP contribution >= 0.6 is 7.82 Å². The van der Waals surface area contributed by atoms with Crippen LogP contribution in [0.5, 0.6) is 0 Å². The number of hydrogen-bond acceptors (Lipinski definition) is 6. The van der Waals surface area contributed by atoms with E-state index < -0.39 is 36.6 Å². The Morgan fingerprint density at radius 3 is 2.42 bits per heavy atom. The SMILES string of the molecule is C[C@H]([C@H](O)CCC(C)(C)O)[C@H]1CC[C@@]2(O)C3=CC(=O)[C@@H]4C[C@H](OP(=O)(O)O)CC[C@]4(C)C3CC[C@]12C. The zero-order valence-corrected chi connectivity index (χ0v) is 23.2. The number of carbonyl (C=O) groups is 1. The van der Waals surface area contributed by atoms with E-state index in [0.717, 1.165) is 24.8 Å². The summed E-state index contributed by atoms with van der Waals surface area (Å²) in [5.74, 6) is -0.393. The minimum Gasteiger partial charge on any atom is -0.393 e. The van der Waals surface area contributed by atoms with Gasteiger partial charge in [-0.3, -0.25) is 9.32 Å². The second-order valence-corrected chi connectivity index (χ2v) is 14.5. The molecule has 8 nitrogen and oxygen atoms in total. The Kier molecular flexibility index (Phi) is 7.30. The van der Waals surface area contributed by atoms with Gasteiger partial charge in [-0.25, -0.2) is 4.57 Å². The molecule has 5 N–H and O–H groups in total. The zero-order chi connectivity index (χ0) is 26.9. The highest BCUT2D eigenvalue weighted by molar-refractivity contribution is 7.46. The second kappa shape index (κ2) is 9.25. The van der Waals surface area contributed by atoms with Gasteiger partial charge in [0.1, 0.15) is 0 Å². The van der Waals surface area contributed by atoms with E-state index in [1.165, 1.54) is 0 Å². The number of fused-ring (bicyclic) bond motifs is 5. The minimum absolute atomic E-state index is 0.0310. The van der Waals surface area contributed by atoms with Crippen LogP contribution in [0, 0.1) is 34.5 Å². The first kappa shape index (κ1) is 28.4. The summed E-state index contributed by atoms with van der Waals surface area (Å²) >= 11 is 0. The lowest BCUT2D eigenvalue weighted by Crippen LogP contribution is -2.59. The van der Waals surface area contributed by atoms with Crippen molar-refractivity contribution in [1.82, 2.24) is 0 Å². The zero-order valence-electron chi connectivity index (χ0n) is 22.3. The largest absolute Gasteiger partial charge is 0.469 e. The summed E-state index contributed by atoms with van der Waals surface area (Å²) in [6.07, 6.45) is 5.72. The van der Waals surface area contributed by atoms with E-state index in [2.05, 4.69) is 13.8 Å². The summed E-state index contributed by atoms with van der Waals surface area (Å²) in [6.45, 7) is 9.75. The molecule has 0 aromatic heterocycles. The quantitative estimate of drug-likeness (QED) is 0.313. The van der Waals surface area contributed by atoms with Crippen LogP contribution in [-0.2, 0) is 13.9 Å². The second-order valence-electron chi connectivity index (χ2n) is 13.3. The fourth-order valence-corrected chi connectivity index (χ4v) is 9.09. The predicted molar refractivity (Wildman–Crippen MR) is 135 cm³/mol.